The molecule has 0 aliphatic carbocycles. The van der Waals surface area contributed by atoms with Gasteiger partial charge in [0.05, 0.1) is 4.90 Å². The number of fused-ring (bicyclic) bond motifs is 1. The molecule has 3 heterocycles. The Labute approximate surface area is 144 Å². The number of rotatable bonds is 2. The van der Waals surface area contributed by atoms with E-state index in [2.05, 4.69) is 5.32 Å². The largest absolute Gasteiger partial charge is 0.487 e. The average Bonchev–Trinajstić information content (AvgIpc) is 3.09. The predicted octanol–water partition coefficient (Wildman–Crippen LogP) is 2.31. The molecule has 24 heavy (non-hydrogen) atoms. The molecule has 0 aromatic heterocycles. The summed E-state index contributed by atoms with van der Waals surface area (Å²) in [6.45, 7) is 6.37. The summed E-state index contributed by atoms with van der Waals surface area (Å²) in [6.07, 6.45) is 4.67. The molecule has 2 saturated heterocycles. The monoisotopic (exact) mass is 350 g/mol. The molecule has 2 fully saturated rings. The van der Waals surface area contributed by atoms with Gasteiger partial charge in [-0.2, -0.15) is 4.31 Å². The minimum absolute atomic E-state index is 0.230. The van der Waals surface area contributed by atoms with E-state index >= 15 is 0 Å². The van der Waals surface area contributed by atoms with Crippen molar-refractivity contribution in [2.24, 2.45) is 0 Å². The summed E-state index contributed by atoms with van der Waals surface area (Å²) >= 11 is 0. The van der Waals surface area contributed by atoms with Crippen molar-refractivity contribution in [3.63, 3.8) is 0 Å². The molecular weight excluding hydrogens is 324 g/mol. The van der Waals surface area contributed by atoms with Gasteiger partial charge in [0.1, 0.15) is 11.4 Å². The second-order valence-electron chi connectivity index (χ2n) is 7.99. The van der Waals surface area contributed by atoms with Crippen LogP contribution in [0.3, 0.4) is 0 Å². The molecule has 6 heteroatoms. The van der Waals surface area contributed by atoms with E-state index in [1.54, 1.807) is 10.4 Å². The first-order valence-corrected chi connectivity index (χ1v) is 10.3. The fraction of sp³-hybridized carbons (Fsp3) is 0.667. The Balaban J connectivity index is 1.70. The molecule has 5 nitrogen and oxygen atoms in total. The summed E-state index contributed by atoms with van der Waals surface area (Å²) in [7, 11) is -3.47. The van der Waals surface area contributed by atoms with Gasteiger partial charge in [0.15, 0.2) is 0 Å². The summed E-state index contributed by atoms with van der Waals surface area (Å²) in [5, 5.41) is 3.36. The second-order valence-corrected chi connectivity index (χ2v) is 9.86. The highest BCUT2D eigenvalue weighted by molar-refractivity contribution is 7.89. The summed E-state index contributed by atoms with van der Waals surface area (Å²) in [5.74, 6) is 0.815. The third-order valence-electron chi connectivity index (χ3n) is 5.63. The van der Waals surface area contributed by atoms with Crippen LogP contribution in [0, 0.1) is 0 Å². The van der Waals surface area contributed by atoms with Crippen molar-refractivity contribution in [2.75, 3.05) is 19.6 Å². The molecular formula is C18H26N2O3S. The number of benzene rings is 1. The maximum Gasteiger partial charge on any atom is 0.243 e. The third-order valence-corrected chi connectivity index (χ3v) is 7.63. The molecule has 1 atom stereocenters. The fourth-order valence-corrected chi connectivity index (χ4v) is 6.39. The van der Waals surface area contributed by atoms with Crippen molar-refractivity contribution in [3.05, 3.63) is 23.8 Å². The van der Waals surface area contributed by atoms with Gasteiger partial charge in [-0.3, -0.25) is 0 Å². The van der Waals surface area contributed by atoms with Crippen LogP contribution in [-0.4, -0.2) is 43.5 Å². The molecule has 1 spiro atoms. The normalized spacial score (nSPS) is 29.6. The van der Waals surface area contributed by atoms with Crippen LogP contribution in [0.4, 0.5) is 0 Å². The number of sulfonamides is 1. The van der Waals surface area contributed by atoms with Gasteiger partial charge in [0.25, 0.3) is 0 Å². The van der Waals surface area contributed by atoms with E-state index in [9.17, 15) is 8.42 Å². The standard InChI is InChI=1S/C18H26N2O3S/c1-17(2)12-14-11-15(5-6-16(14)23-17)24(21,22)20-10-4-3-7-18(20)8-9-19-13-18/h5-6,11,19H,3-4,7-10,12-13H2,1-2H3. The van der Waals surface area contributed by atoms with E-state index in [0.29, 0.717) is 11.4 Å². The van der Waals surface area contributed by atoms with Crippen LogP contribution in [0.25, 0.3) is 0 Å². The van der Waals surface area contributed by atoms with E-state index in [1.165, 1.54) is 0 Å². The summed E-state index contributed by atoms with van der Waals surface area (Å²) in [4.78, 5) is 0.413. The molecule has 1 unspecified atom stereocenters. The van der Waals surface area contributed by atoms with Gasteiger partial charge in [-0.1, -0.05) is 6.42 Å². The Hall–Kier alpha value is -1.11. The molecule has 0 bridgehead atoms. The Kier molecular flexibility index (Phi) is 3.71. The molecule has 4 rings (SSSR count). The maximum absolute atomic E-state index is 13.4. The molecule has 1 aromatic rings. The molecule has 3 aliphatic heterocycles. The van der Waals surface area contributed by atoms with Crippen LogP contribution in [0.2, 0.25) is 0 Å². The Morgan fingerprint density at radius 2 is 2.04 bits per heavy atom. The molecule has 1 aromatic carbocycles. The lowest BCUT2D eigenvalue weighted by molar-refractivity contribution is 0.138. The van der Waals surface area contributed by atoms with Crippen molar-refractivity contribution in [3.8, 4) is 5.75 Å². The predicted molar refractivity (Wildman–Crippen MR) is 92.8 cm³/mol. The minimum Gasteiger partial charge on any atom is -0.487 e. The zero-order chi connectivity index (χ0) is 17.0. The highest BCUT2D eigenvalue weighted by Crippen LogP contribution is 2.40. The first kappa shape index (κ1) is 16.4. The minimum atomic E-state index is -3.47. The fourth-order valence-electron chi connectivity index (χ4n) is 4.48. The van der Waals surface area contributed by atoms with Crippen molar-refractivity contribution in [1.82, 2.24) is 9.62 Å². The number of hydrogen-bond donors (Lipinski definition) is 1. The van der Waals surface area contributed by atoms with E-state index in [-0.39, 0.29) is 11.1 Å². The van der Waals surface area contributed by atoms with Crippen LogP contribution in [0.15, 0.2) is 23.1 Å². The first-order chi connectivity index (χ1) is 11.3. The number of nitrogens with one attached hydrogen (secondary N) is 1. The van der Waals surface area contributed by atoms with Gasteiger partial charge >= 0.3 is 0 Å². The lowest BCUT2D eigenvalue weighted by Crippen LogP contribution is -2.55. The summed E-state index contributed by atoms with van der Waals surface area (Å²) < 4.78 is 34.4. The molecule has 0 amide bonds. The zero-order valence-electron chi connectivity index (χ0n) is 14.5. The number of ether oxygens (including phenoxy) is 1. The average molecular weight is 350 g/mol. The topological polar surface area (TPSA) is 58.6 Å². The van der Waals surface area contributed by atoms with Gasteiger partial charge in [-0.15, -0.1) is 0 Å². The maximum atomic E-state index is 13.4. The van der Waals surface area contributed by atoms with Gasteiger partial charge in [0.2, 0.25) is 10.0 Å². The number of hydrogen-bond acceptors (Lipinski definition) is 4. The van der Waals surface area contributed by atoms with Crippen LogP contribution < -0.4 is 10.1 Å². The van der Waals surface area contributed by atoms with Crippen molar-refractivity contribution in [2.45, 2.75) is 62.0 Å². The summed E-state index contributed by atoms with van der Waals surface area (Å²) in [6, 6.07) is 5.35. The molecule has 1 N–H and O–H groups in total. The molecule has 132 valence electrons. The van der Waals surface area contributed by atoms with Crippen molar-refractivity contribution < 1.29 is 13.2 Å². The van der Waals surface area contributed by atoms with E-state index in [0.717, 1.165) is 56.5 Å². The van der Waals surface area contributed by atoms with Crippen LogP contribution in [0.1, 0.15) is 45.1 Å². The van der Waals surface area contributed by atoms with Gasteiger partial charge in [-0.25, -0.2) is 8.42 Å². The number of piperidine rings is 1. The van der Waals surface area contributed by atoms with Crippen LogP contribution in [-0.2, 0) is 16.4 Å². The van der Waals surface area contributed by atoms with Gasteiger partial charge in [-0.05, 0) is 63.4 Å². The van der Waals surface area contributed by atoms with Crippen molar-refractivity contribution >= 4 is 10.0 Å². The third kappa shape index (κ3) is 2.55. The second kappa shape index (κ2) is 5.44. The van der Waals surface area contributed by atoms with E-state index < -0.39 is 10.0 Å². The van der Waals surface area contributed by atoms with Crippen LogP contribution in [0.5, 0.6) is 5.75 Å². The lowest BCUT2D eigenvalue weighted by Gasteiger charge is -2.43. The zero-order valence-corrected chi connectivity index (χ0v) is 15.3. The Bertz CT molecular complexity index is 752. The van der Waals surface area contributed by atoms with Gasteiger partial charge in [0, 0.05) is 25.0 Å². The first-order valence-electron chi connectivity index (χ1n) is 8.88. The molecule has 0 radical (unpaired) electrons. The van der Waals surface area contributed by atoms with Crippen LogP contribution >= 0.6 is 0 Å². The Morgan fingerprint density at radius 3 is 2.79 bits per heavy atom. The highest BCUT2D eigenvalue weighted by Gasteiger charge is 2.47. The lowest BCUT2D eigenvalue weighted by atomic mass is 9.88. The van der Waals surface area contributed by atoms with Gasteiger partial charge < -0.3 is 10.1 Å². The quantitative estimate of drug-likeness (QED) is 0.889. The highest BCUT2D eigenvalue weighted by atomic mass is 32.2. The van der Waals surface area contributed by atoms with E-state index in [4.69, 9.17) is 4.74 Å². The molecule has 3 aliphatic rings. The Morgan fingerprint density at radius 1 is 1.21 bits per heavy atom. The van der Waals surface area contributed by atoms with Crippen molar-refractivity contribution in [1.29, 1.82) is 0 Å². The SMILES string of the molecule is CC1(C)Cc2cc(S(=O)(=O)N3CCCCC34CCNC4)ccc2O1. The smallest absolute Gasteiger partial charge is 0.243 e. The molecule has 0 saturated carbocycles. The summed E-state index contributed by atoms with van der Waals surface area (Å²) in [5.41, 5.74) is 0.509. The number of nitrogens with zero attached hydrogens (tertiary/aromatic N) is 1. The van der Waals surface area contributed by atoms with E-state index in [1.807, 2.05) is 26.0 Å².